The lowest BCUT2D eigenvalue weighted by Crippen LogP contribution is -2.56. The van der Waals surface area contributed by atoms with Crippen molar-refractivity contribution in [3.05, 3.63) is 0 Å². The minimum Gasteiger partial charge on any atom is -0.378 e. The minimum absolute atomic E-state index is 0.341. The Morgan fingerprint density at radius 2 is 2.10 bits per heavy atom. The molecule has 1 N–H and O–H groups in total. The van der Waals surface area contributed by atoms with Crippen molar-refractivity contribution < 1.29 is 9.47 Å². The van der Waals surface area contributed by atoms with Crippen molar-refractivity contribution in [3.8, 4) is 0 Å². The van der Waals surface area contributed by atoms with Crippen molar-refractivity contribution in [2.24, 2.45) is 0 Å². The van der Waals surface area contributed by atoms with E-state index in [1.165, 1.54) is 6.42 Å². The van der Waals surface area contributed by atoms with E-state index in [9.17, 15) is 0 Å². The zero-order valence-corrected chi connectivity index (χ0v) is 14.0. The van der Waals surface area contributed by atoms with Gasteiger partial charge in [0.25, 0.3) is 0 Å². The first-order valence-electron chi connectivity index (χ1n) is 8.58. The molecule has 2 heterocycles. The van der Waals surface area contributed by atoms with Crippen LogP contribution in [-0.2, 0) is 9.47 Å². The third-order valence-corrected chi connectivity index (χ3v) is 4.49. The molecule has 21 heavy (non-hydrogen) atoms. The van der Waals surface area contributed by atoms with E-state index in [0.29, 0.717) is 18.2 Å². The second-order valence-electron chi connectivity index (χ2n) is 6.51. The van der Waals surface area contributed by atoms with Crippen molar-refractivity contribution in [1.29, 1.82) is 0 Å². The van der Waals surface area contributed by atoms with Gasteiger partial charge in [0.15, 0.2) is 0 Å². The Morgan fingerprint density at radius 1 is 1.24 bits per heavy atom. The fraction of sp³-hybridized carbons (Fsp3) is 1.00. The topological polar surface area (TPSA) is 37.0 Å². The van der Waals surface area contributed by atoms with Crippen molar-refractivity contribution in [1.82, 2.24) is 15.1 Å². The van der Waals surface area contributed by atoms with Crippen LogP contribution in [0.1, 0.15) is 27.2 Å². The molecule has 0 spiro atoms. The normalized spacial score (nSPS) is 29.1. The standard InChI is InChI=1S/C16H33N3O2/c1-4-5-17-10-15-13-20-8-6-19(15)12-16-11-18(14(2)3)7-9-21-16/h14-17H,4-13H2,1-3H3. The van der Waals surface area contributed by atoms with Crippen molar-refractivity contribution >= 4 is 0 Å². The summed E-state index contributed by atoms with van der Waals surface area (Å²) in [6.07, 6.45) is 1.52. The summed E-state index contributed by atoms with van der Waals surface area (Å²) in [6.45, 7) is 15.6. The number of morpholine rings is 2. The highest BCUT2D eigenvalue weighted by Gasteiger charge is 2.28. The molecule has 2 aliphatic rings. The molecule has 2 aliphatic heterocycles. The number of nitrogens with zero attached hydrogens (tertiary/aromatic N) is 2. The van der Waals surface area contributed by atoms with Crippen LogP contribution in [0.3, 0.4) is 0 Å². The van der Waals surface area contributed by atoms with E-state index >= 15 is 0 Å². The molecular weight excluding hydrogens is 266 g/mol. The summed E-state index contributed by atoms with van der Waals surface area (Å²) in [5, 5.41) is 3.53. The zero-order valence-electron chi connectivity index (χ0n) is 14.0. The SMILES string of the molecule is CCCNCC1COCCN1CC1CN(C(C)C)CCO1. The number of hydrogen-bond acceptors (Lipinski definition) is 5. The summed E-state index contributed by atoms with van der Waals surface area (Å²) < 4.78 is 11.6. The Labute approximate surface area is 129 Å². The summed E-state index contributed by atoms with van der Waals surface area (Å²) in [7, 11) is 0. The first kappa shape index (κ1) is 17.2. The first-order chi connectivity index (χ1) is 10.2. The van der Waals surface area contributed by atoms with Crippen LogP contribution in [0.25, 0.3) is 0 Å². The van der Waals surface area contributed by atoms with Crippen LogP contribution < -0.4 is 5.32 Å². The van der Waals surface area contributed by atoms with Crippen LogP contribution in [0, 0.1) is 0 Å². The van der Waals surface area contributed by atoms with Crippen molar-refractivity contribution in [2.45, 2.75) is 45.4 Å². The largest absolute Gasteiger partial charge is 0.378 e. The number of nitrogens with one attached hydrogen (secondary N) is 1. The number of ether oxygens (including phenoxy) is 2. The predicted octanol–water partition coefficient (Wildman–Crippen LogP) is 0.796. The van der Waals surface area contributed by atoms with E-state index in [2.05, 4.69) is 35.9 Å². The van der Waals surface area contributed by atoms with Crippen molar-refractivity contribution in [2.75, 3.05) is 59.1 Å². The van der Waals surface area contributed by atoms with Crippen LogP contribution >= 0.6 is 0 Å². The van der Waals surface area contributed by atoms with Gasteiger partial charge in [0.05, 0.1) is 25.9 Å². The van der Waals surface area contributed by atoms with Crippen LogP contribution in [0.5, 0.6) is 0 Å². The van der Waals surface area contributed by atoms with Gasteiger partial charge in [-0.1, -0.05) is 6.92 Å². The van der Waals surface area contributed by atoms with Gasteiger partial charge in [0.2, 0.25) is 0 Å². The summed E-state index contributed by atoms with van der Waals surface area (Å²) in [5.74, 6) is 0. The molecule has 0 amide bonds. The van der Waals surface area contributed by atoms with Crippen LogP contribution in [0.2, 0.25) is 0 Å². The van der Waals surface area contributed by atoms with E-state index in [-0.39, 0.29) is 0 Å². The molecule has 0 aliphatic carbocycles. The molecule has 0 radical (unpaired) electrons. The lowest BCUT2D eigenvalue weighted by atomic mass is 10.1. The maximum atomic E-state index is 5.99. The average Bonchev–Trinajstić information content (AvgIpc) is 2.49. The highest BCUT2D eigenvalue weighted by atomic mass is 16.5. The molecule has 0 aromatic carbocycles. The molecule has 0 saturated carbocycles. The van der Waals surface area contributed by atoms with Crippen LogP contribution in [0.4, 0.5) is 0 Å². The Kier molecular flexibility index (Phi) is 7.40. The van der Waals surface area contributed by atoms with E-state index in [4.69, 9.17) is 9.47 Å². The molecule has 2 rings (SSSR count). The molecule has 5 nitrogen and oxygen atoms in total. The monoisotopic (exact) mass is 299 g/mol. The van der Waals surface area contributed by atoms with E-state index in [0.717, 1.165) is 59.1 Å². The third-order valence-electron chi connectivity index (χ3n) is 4.49. The van der Waals surface area contributed by atoms with Crippen LogP contribution in [0.15, 0.2) is 0 Å². The lowest BCUT2D eigenvalue weighted by Gasteiger charge is -2.41. The Morgan fingerprint density at radius 3 is 2.86 bits per heavy atom. The average molecular weight is 299 g/mol. The fourth-order valence-corrected chi connectivity index (χ4v) is 3.15. The van der Waals surface area contributed by atoms with Gasteiger partial charge in [-0.3, -0.25) is 9.80 Å². The van der Waals surface area contributed by atoms with Gasteiger partial charge in [-0.2, -0.15) is 0 Å². The van der Waals surface area contributed by atoms with E-state index in [1.54, 1.807) is 0 Å². The fourth-order valence-electron chi connectivity index (χ4n) is 3.15. The van der Waals surface area contributed by atoms with Gasteiger partial charge >= 0.3 is 0 Å². The van der Waals surface area contributed by atoms with Gasteiger partial charge in [0, 0.05) is 44.8 Å². The Bertz CT molecular complexity index is 289. The minimum atomic E-state index is 0.341. The maximum Gasteiger partial charge on any atom is 0.0829 e. The smallest absolute Gasteiger partial charge is 0.0829 e. The van der Waals surface area contributed by atoms with Gasteiger partial charge in [-0.15, -0.1) is 0 Å². The number of rotatable bonds is 7. The molecule has 0 aromatic rings. The Balaban J connectivity index is 1.80. The van der Waals surface area contributed by atoms with Gasteiger partial charge < -0.3 is 14.8 Å². The quantitative estimate of drug-likeness (QED) is 0.704. The second kappa shape index (κ2) is 9.06. The maximum absolute atomic E-state index is 5.99. The summed E-state index contributed by atoms with van der Waals surface area (Å²) in [5.41, 5.74) is 0. The molecule has 2 unspecified atom stereocenters. The molecule has 5 heteroatoms. The first-order valence-corrected chi connectivity index (χ1v) is 8.58. The third kappa shape index (κ3) is 5.49. The van der Waals surface area contributed by atoms with E-state index in [1.807, 2.05) is 0 Å². The van der Waals surface area contributed by atoms with Gasteiger partial charge in [0.1, 0.15) is 0 Å². The van der Waals surface area contributed by atoms with Crippen molar-refractivity contribution in [3.63, 3.8) is 0 Å². The molecule has 0 bridgehead atoms. The molecule has 2 saturated heterocycles. The van der Waals surface area contributed by atoms with E-state index < -0.39 is 0 Å². The zero-order chi connectivity index (χ0) is 15.1. The van der Waals surface area contributed by atoms with Gasteiger partial charge in [-0.25, -0.2) is 0 Å². The highest BCUT2D eigenvalue weighted by Crippen LogP contribution is 2.13. The molecular formula is C16H33N3O2. The number of hydrogen-bond donors (Lipinski definition) is 1. The predicted molar refractivity (Wildman–Crippen MR) is 85.8 cm³/mol. The molecule has 0 aromatic heterocycles. The lowest BCUT2D eigenvalue weighted by molar-refractivity contribution is -0.0775. The molecule has 2 atom stereocenters. The summed E-state index contributed by atoms with van der Waals surface area (Å²) in [6, 6.07) is 1.10. The molecule has 124 valence electrons. The Hall–Kier alpha value is -0.200. The summed E-state index contributed by atoms with van der Waals surface area (Å²) in [4.78, 5) is 5.08. The van der Waals surface area contributed by atoms with Gasteiger partial charge in [-0.05, 0) is 26.8 Å². The highest BCUT2D eigenvalue weighted by molar-refractivity contribution is 4.83. The molecule has 2 fully saturated rings. The summed E-state index contributed by atoms with van der Waals surface area (Å²) >= 11 is 0. The second-order valence-corrected chi connectivity index (χ2v) is 6.51. The van der Waals surface area contributed by atoms with Crippen LogP contribution in [-0.4, -0.2) is 87.1 Å².